The van der Waals surface area contributed by atoms with Gasteiger partial charge >= 0.3 is 0 Å². The molecule has 0 aromatic heterocycles. The van der Waals surface area contributed by atoms with Gasteiger partial charge in [0.25, 0.3) is 0 Å². The fourth-order valence-electron chi connectivity index (χ4n) is 10.2. The second kappa shape index (κ2) is 7.02. The van der Waals surface area contributed by atoms with Gasteiger partial charge in [-0.1, -0.05) is 53.7 Å². The summed E-state index contributed by atoms with van der Waals surface area (Å²) in [5.74, 6) is 0.0130. The first kappa shape index (κ1) is 24.6. The van der Waals surface area contributed by atoms with Crippen molar-refractivity contribution < 1.29 is 24.8 Å². The molecule has 4 aliphatic carbocycles. The minimum absolute atomic E-state index is 0.0129. The van der Waals surface area contributed by atoms with E-state index in [-0.39, 0.29) is 40.5 Å². The summed E-state index contributed by atoms with van der Waals surface area (Å²) in [6, 6.07) is 0. The summed E-state index contributed by atoms with van der Waals surface area (Å²) in [6.45, 7) is 15.9. The third-order valence-electron chi connectivity index (χ3n) is 12.4. The minimum Gasteiger partial charge on any atom is -0.393 e. The first-order chi connectivity index (χ1) is 16.1. The highest BCUT2D eigenvalue weighted by Crippen LogP contribution is 2.73. The molecule has 2 saturated heterocycles. The molecule has 6 aliphatic rings. The molecule has 0 bridgehead atoms. The number of hydrogen-bond donors (Lipinski definition) is 3. The van der Waals surface area contributed by atoms with E-state index in [2.05, 4.69) is 53.7 Å². The lowest BCUT2D eigenvalue weighted by molar-refractivity contribution is -0.312. The maximum absolute atomic E-state index is 11.0. The van der Waals surface area contributed by atoms with Gasteiger partial charge in [0.2, 0.25) is 0 Å². The predicted octanol–water partition coefficient (Wildman–Crippen LogP) is 4.75. The van der Waals surface area contributed by atoms with Crippen molar-refractivity contribution in [3.05, 3.63) is 23.3 Å². The third kappa shape index (κ3) is 2.83. The van der Waals surface area contributed by atoms with Crippen molar-refractivity contribution in [2.45, 2.75) is 117 Å². The van der Waals surface area contributed by atoms with E-state index in [0.29, 0.717) is 24.2 Å². The number of ether oxygens (including phenoxy) is 2. The van der Waals surface area contributed by atoms with Gasteiger partial charge in [-0.3, -0.25) is 0 Å². The molecule has 0 amide bonds. The fourth-order valence-corrected chi connectivity index (χ4v) is 10.2. The number of aliphatic hydroxyl groups is 3. The highest BCUT2D eigenvalue weighted by atomic mass is 16.7. The van der Waals surface area contributed by atoms with E-state index in [0.717, 1.165) is 32.1 Å². The molecule has 5 heteroatoms. The van der Waals surface area contributed by atoms with E-state index in [1.807, 2.05) is 0 Å². The van der Waals surface area contributed by atoms with E-state index in [4.69, 9.17) is 9.47 Å². The van der Waals surface area contributed by atoms with E-state index in [9.17, 15) is 15.3 Å². The lowest BCUT2D eigenvalue weighted by Crippen LogP contribution is -2.58. The molecule has 11 atom stereocenters. The summed E-state index contributed by atoms with van der Waals surface area (Å²) in [5, 5.41) is 32.6. The average molecular weight is 487 g/mol. The molecule has 0 radical (unpaired) electrons. The lowest BCUT2D eigenvalue weighted by Gasteiger charge is -2.61. The van der Waals surface area contributed by atoms with Crippen LogP contribution in [-0.4, -0.2) is 51.6 Å². The molecule has 1 unspecified atom stereocenters. The van der Waals surface area contributed by atoms with Gasteiger partial charge in [-0.05, 0) is 84.2 Å². The van der Waals surface area contributed by atoms with Gasteiger partial charge in [0.1, 0.15) is 11.7 Å². The second-order valence-electron chi connectivity index (χ2n) is 14.7. The number of fused-ring (bicyclic) bond motifs is 7. The maximum atomic E-state index is 11.0. The van der Waals surface area contributed by atoms with E-state index in [1.54, 1.807) is 6.92 Å². The van der Waals surface area contributed by atoms with Crippen LogP contribution in [0.2, 0.25) is 0 Å². The zero-order valence-electron chi connectivity index (χ0n) is 22.7. The molecule has 2 heterocycles. The topological polar surface area (TPSA) is 79.2 Å². The SMILES string of the molecule is C[C@@H]1C[C@]2(OC[C@](C)(O)[C@H]2O)OC2C[C@@]3(C)C4=CC[C@H]5C(C)(C)[C@@H](O)CC[C@]5(C)C4=CC[C@]3(C)[C@H]21. The smallest absolute Gasteiger partial charge is 0.198 e. The van der Waals surface area contributed by atoms with Crippen LogP contribution >= 0.6 is 0 Å². The van der Waals surface area contributed by atoms with Crippen molar-refractivity contribution in [1.82, 2.24) is 0 Å². The predicted molar refractivity (Wildman–Crippen MR) is 134 cm³/mol. The van der Waals surface area contributed by atoms with Crippen LogP contribution in [0, 0.1) is 39.4 Å². The van der Waals surface area contributed by atoms with Crippen LogP contribution in [0.4, 0.5) is 0 Å². The quantitative estimate of drug-likeness (QED) is 0.461. The Bertz CT molecular complexity index is 997. The second-order valence-corrected chi connectivity index (χ2v) is 14.7. The van der Waals surface area contributed by atoms with Crippen LogP contribution in [-0.2, 0) is 9.47 Å². The first-order valence-electron chi connectivity index (χ1n) is 13.9. The summed E-state index contributed by atoms with van der Waals surface area (Å²) in [4.78, 5) is 0. The van der Waals surface area contributed by atoms with Crippen molar-refractivity contribution in [2.75, 3.05) is 6.61 Å². The molecule has 1 spiro atoms. The summed E-state index contributed by atoms with van der Waals surface area (Å²) >= 11 is 0. The Hall–Kier alpha value is -0.720. The van der Waals surface area contributed by atoms with Gasteiger partial charge in [0.15, 0.2) is 5.79 Å². The van der Waals surface area contributed by atoms with Crippen molar-refractivity contribution >= 4 is 0 Å². The highest BCUT2D eigenvalue weighted by Gasteiger charge is 2.70. The first-order valence-corrected chi connectivity index (χ1v) is 13.9. The Morgan fingerprint density at radius 3 is 2.34 bits per heavy atom. The molecule has 0 aromatic rings. The summed E-state index contributed by atoms with van der Waals surface area (Å²) in [7, 11) is 0. The molecular weight excluding hydrogens is 440 g/mol. The van der Waals surface area contributed by atoms with Crippen molar-refractivity contribution in [3.8, 4) is 0 Å². The highest BCUT2D eigenvalue weighted by molar-refractivity contribution is 5.50. The molecule has 35 heavy (non-hydrogen) atoms. The number of allylic oxidation sites excluding steroid dienone is 4. The Labute approximate surface area is 211 Å². The molecule has 0 aromatic carbocycles. The fraction of sp³-hybridized carbons (Fsp3) is 0.867. The standard InChI is InChI=1S/C30H46O5/c1-17-14-30(24(32)29(7,33)16-34-30)35-20-15-28(6)19-8-9-21-25(2,3)22(31)11-12-26(21,4)18(19)10-13-27(28,5)23(17)20/h8,10,17,20-24,31-33H,9,11-16H2,1-7H3/t17-,20?,21+,22+,23+,24-,26-,27-,28+,29+,30+/m1/s1. The van der Waals surface area contributed by atoms with Crippen LogP contribution in [0.1, 0.15) is 87.0 Å². The van der Waals surface area contributed by atoms with Crippen LogP contribution in [0.5, 0.6) is 0 Å². The van der Waals surface area contributed by atoms with Gasteiger partial charge in [0.05, 0.1) is 18.8 Å². The zero-order chi connectivity index (χ0) is 25.4. The summed E-state index contributed by atoms with van der Waals surface area (Å²) in [5.41, 5.74) is 1.78. The Balaban J connectivity index is 1.39. The van der Waals surface area contributed by atoms with Crippen molar-refractivity contribution in [2.24, 2.45) is 39.4 Å². The Morgan fingerprint density at radius 2 is 1.69 bits per heavy atom. The monoisotopic (exact) mass is 486 g/mol. The Morgan fingerprint density at radius 1 is 0.971 bits per heavy atom. The van der Waals surface area contributed by atoms with Gasteiger partial charge in [-0.15, -0.1) is 0 Å². The van der Waals surface area contributed by atoms with E-state index in [1.165, 1.54) is 11.1 Å². The molecular formula is C30H46O5. The summed E-state index contributed by atoms with van der Waals surface area (Å²) < 4.78 is 12.8. The van der Waals surface area contributed by atoms with Crippen LogP contribution in [0.15, 0.2) is 23.3 Å². The van der Waals surface area contributed by atoms with Gasteiger partial charge in [0, 0.05) is 11.8 Å². The minimum atomic E-state index is -1.28. The maximum Gasteiger partial charge on any atom is 0.198 e. The normalized spacial score (nSPS) is 58.7. The average Bonchev–Trinajstić information content (AvgIpc) is 3.13. The molecule has 2 saturated carbocycles. The van der Waals surface area contributed by atoms with Gasteiger partial charge in [-0.25, -0.2) is 0 Å². The largest absolute Gasteiger partial charge is 0.393 e. The molecule has 5 nitrogen and oxygen atoms in total. The number of hydrogen-bond acceptors (Lipinski definition) is 5. The van der Waals surface area contributed by atoms with Crippen LogP contribution < -0.4 is 0 Å². The third-order valence-corrected chi connectivity index (χ3v) is 12.4. The van der Waals surface area contributed by atoms with Crippen LogP contribution in [0.25, 0.3) is 0 Å². The number of rotatable bonds is 0. The van der Waals surface area contributed by atoms with E-state index >= 15 is 0 Å². The molecule has 3 N–H and O–H groups in total. The molecule has 2 aliphatic heterocycles. The molecule has 196 valence electrons. The lowest BCUT2D eigenvalue weighted by atomic mass is 9.44. The van der Waals surface area contributed by atoms with E-state index < -0.39 is 17.5 Å². The van der Waals surface area contributed by atoms with Crippen LogP contribution in [0.3, 0.4) is 0 Å². The van der Waals surface area contributed by atoms with Crippen molar-refractivity contribution in [1.29, 1.82) is 0 Å². The Kier molecular flexibility index (Phi) is 4.94. The molecule has 6 rings (SSSR count). The van der Waals surface area contributed by atoms with Crippen molar-refractivity contribution in [3.63, 3.8) is 0 Å². The molecule has 4 fully saturated rings. The summed E-state index contributed by atoms with van der Waals surface area (Å²) in [6.07, 6.45) is 9.24. The van der Waals surface area contributed by atoms with Gasteiger partial charge in [-0.2, -0.15) is 0 Å². The number of aliphatic hydroxyl groups excluding tert-OH is 2. The van der Waals surface area contributed by atoms with Gasteiger partial charge < -0.3 is 24.8 Å². The zero-order valence-corrected chi connectivity index (χ0v) is 22.7.